The van der Waals surface area contributed by atoms with Gasteiger partial charge in [0.2, 0.25) is 0 Å². The van der Waals surface area contributed by atoms with Crippen LogP contribution in [0.3, 0.4) is 0 Å². The van der Waals surface area contributed by atoms with Gasteiger partial charge in [-0.15, -0.1) is 11.3 Å². The first kappa shape index (κ1) is 39.0. The van der Waals surface area contributed by atoms with Gasteiger partial charge >= 0.3 is 297 Å². The number of aromatic nitrogens is 2. The zero-order chi connectivity index (χ0) is 39.0. The summed E-state index contributed by atoms with van der Waals surface area (Å²) in [5.74, 6) is -1.19. The second-order valence-electron chi connectivity index (χ2n) is 15.4. The summed E-state index contributed by atoms with van der Waals surface area (Å²) in [6, 6.07) is 17.6. The molecule has 5 aromatic rings. The predicted molar refractivity (Wildman–Crippen MR) is 208 cm³/mol. The molecule has 11 nitrogen and oxygen atoms in total. The van der Waals surface area contributed by atoms with Crippen molar-refractivity contribution in [2.24, 2.45) is 5.41 Å². The number of carbonyl (C=O) groups is 3. The van der Waals surface area contributed by atoms with Gasteiger partial charge in [-0.3, -0.25) is 0 Å². The van der Waals surface area contributed by atoms with Crippen LogP contribution in [0.25, 0.3) is 32.6 Å². The zero-order valence-electron chi connectivity index (χ0n) is 31.5. The number of nitrogens with zero attached hydrogens (tertiary/aromatic N) is 3. The van der Waals surface area contributed by atoms with Crippen LogP contribution in [0, 0.1) is 18.2 Å². The topological polar surface area (TPSA) is 143 Å². The minimum atomic E-state index is -0.810. The van der Waals surface area contributed by atoms with Gasteiger partial charge in [-0.05, 0) is 6.92 Å². The fourth-order valence-electron chi connectivity index (χ4n) is 7.34. The van der Waals surface area contributed by atoms with E-state index in [0.29, 0.717) is 37.1 Å². The van der Waals surface area contributed by atoms with Crippen LogP contribution in [0.1, 0.15) is 59.9 Å². The molecule has 3 aromatic carbocycles. The first-order valence-corrected chi connectivity index (χ1v) is 21.3. The first-order chi connectivity index (χ1) is 26.3. The number of rotatable bonds is 11. The number of β-amino-alcohol motifs (C(OH)–C–C–N with tert-alkyl or cyclic N) is 1. The van der Waals surface area contributed by atoms with Crippen LogP contribution in [0.2, 0.25) is 0 Å². The quantitative estimate of drug-likeness (QED) is 0.101. The predicted octanol–water partition coefficient (Wildman–Crippen LogP) is 2.33. The maximum atomic E-state index is 14.4. The number of aliphatic hydroxyl groups excluding tert-OH is 1. The van der Waals surface area contributed by atoms with Crippen molar-refractivity contribution in [3.63, 3.8) is 0 Å². The number of hydrogen-bond donors (Lipinski definition) is 5. The van der Waals surface area contributed by atoms with Crippen molar-refractivity contribution < 1.29 is 45.6 Å². The van der Waals surface area contributed by atoms with Crippen molar-refractivity contribution in [3.8, 4) is 21.7 Å². The molecule has 0 radical (unpaired) electrons. The number of benzene rings is 3. The number of aliphatic hydroxyl groups is 1. The number of halogens is 2. The molecule has 2 aromatic heterocycles. The molecule has 55 heavy (non-hydrogen) atoms. The van der Waals surface area contributed by atoms with Gasteiger partial charge in [0.25, 0.3) is 0 Å². The molecule has 0 spiro atoms. The Labute approximate surface area is 335 Å². The Balaban J connectivity index is 0.972. The Morgan fingerprint density at radius 1 is 1.11 bits per heavy atom. The summed E-state index contributed by atoms with van der Waals surface area (Å²) in [5, 5.41) is 17.3. The fourth-order valence-corrected chi connectivity index (χ4v) is 10.7. The number of hydrogen-bond acceptors (Lipinski definition) is 8. The summed E-state index contributed by atoms with van der Waals surface area (Å²) < 4.78 is 20.1. The average molecular weight is 879 g/mol. The standard InChI is InChI=1S/C41H46FIN7O4S/c1-23-36(55-22-46-23)27-12-6-24(7-13-27)19-45-39(53)33-18-29(51)21-50(33)40(54)37(41(2,3)4)48-43-49(5)20-25-8-10-26(11-9-25)35-30-14-15-44-38(52)31-16-28(42)17-32(47-35)34(30)31/h6-13,16-17,22,29,33,37,47-48,51H,14-15,18-21H2,1-5H3,(H,44,52)(H,45,53)/q-1/t29-,33?,37-/m1/s1. The SMILES string of the molecule is Cc1ncsc1-c1ccc(CNC(=O)C2C[C@@H](O)CN2C(=O)[C@@H](N[I-]N(C)Cc2ccc(-c3[nH]c4cc(F)cc5c4c3CCNC5=O)cc2)C(C)(C)C)cc1. The molecule has 0 saturated carbocycles. The van der Waals surface area contributed by atoms with E-state index in [0.717, 1.165) is 49.5 Å². The first-order valence-electron chi connectivity index (χ1n) is 18.3. The summed E-state index contributed by atoms with van der Waals surface area (Å²) in [4.78, 5) is 50.6. The summed E-state index contributed by atoms with van der Waals surface area (Å²) in [5.41, 5.74) is 9.27. The van der Waals surface area contributed by atoms with E-state index < -0.39 is 51.2 Å². The van der Waals surface area contributed by atoms with Crippen LogP contribution >= 0.6 is 11.3 Å². The molecule has 1 fully saturated rings. The van der Waals surface area contributed by atoms with Gasteiger partial charge in [0.05, 0.1) is 16.1 Å². The minimum absolute atomic E-state index is 0.107. The van der Waals surface area contributed by atoms with Crippen molar-refractivity contribution in [2.75, 3.05) is 20.1 Å². The third kappa shape index (κ3) is 8.48. The molecule has 3 amide bonds. The number of aryl methyl sites for hydroxylation is 1. The molecule has 3 atom stereocenters. The molecule has 0 aliphatic carbocycles. The molecule has 1 unspecified atom stereocenters. The van der Waals surface area contributed by atoms with E-state index in [2.05, 4.69) is 39.4 Å². The Morgan fingerprint density at radius 3 is 2.51 bits per heavy atom. The molecule has 0 bridgehead atoms. The van der Waals surface area contributed by atoms with Gasteiger partial charge < -0.3 is 0 Å². The fraction of sp³-hybridized carbons (Fsp3) is 0.366. The van der Waals surface area contributed by atoms with E-state index >= 15 is 0 Å². The molecular weight excluding hydrogens is 832 g/mol. The van der Waals surface area contributed by atoms with Crippen molar-refractivity contribution in [2.45, 2.75) is 71.8 Å². The van der Waals surface area contributed by atoms with Crippen LogP contribution in [-0.2, 0) is 29.1 Å². The summed E-state index contributed by atoms with van der Waals surface area (Å²) in [6.45, 7) is 9.55. The van der Waals surface area contributed by atoms with Crippen LogP contribution in [0.15, 0.2) is 66.2 Å². The third-order valence-electron chi connectivity index (χ3n) is 10.2. The van der Waals surface area contributed by atoms with Crippen LogP contribution in [0.5, 0.6) is 0 Å². The van der Waals surface area contributed by atoms with Gasteiger partial charge in [-0.2, -0.15) is 0 Å². The average Bonchev–Trinajstić information content (AvgIpc) is 3.83. The van der Waals surface area contributed by atoms with E-state index in [-0.39, 0.29) is 30.7 Å². The second-order valence-corrected chi connectivity index (χ2v) is 19.0. The third-order valence-corrected chi connectivity index (χ3v) is 13.3. The van der Waals surface area contributed by atoms with Crippen molar-refractivity contribution in [3.05, 3.63) is 99.9 Å². The number of likely N-dealkylation sites (tertiary alicyclic amines) is 1. The van der Waals surface area contributed by atoms with Gasteiger partial charge in [0.1, 0.15) is 0 Å². The van der Waals surface area contributed by atoms with E-state index in [9.17, 15) is 23.9 Å². The van der Waals surface area contributed by atoms with Crippen LogP contribution in [-0.4, -0.2) is 79.1 Å². The molecule has 4 heterocycles. The number of thiazole rings is 1. The summed E-state index contributed by atoms with van der Waals surface area (Å²) >= 11 is 0.783. The molecule has 14 heteroatoms. The Morgan fingerprint density at radius 2 is 1.82 bits per heavy atom. The monoisotopic (exact) mass is 878 g/mol. The molecule has 2 aliphatic rings. The zero-order valence-corrected chi connectivity index (χ0v) is 34.5. The van der Waals surface area contributed by atoms with Crippen LogP contribution < -0.4 is 35.9 Å². The van der Waals surface area contributed by atoms with E-state index in [1.165, 1.54) is 12.1 Å². The molecular formula is C41H46FIN7O4S-. The number of H-pyrrole nitrogens is 1. The van der Waals surface area contributed by atoms with Crippen molar-refractivity contribution in [1.29, 1.82) is 0 Å². The number of amides is 3. The van der Waals surface area contributed by atoms with Gasteiger partial charge in [-0.25, -0.2) is 4.98 Å². The normalized spacial score (nSPS) is 17.8. The van der Waals surface area contributed by atoms with Gasteiger partial charge in [0, 0.05) is 0 Å². The van der Waals surface area contributed by atoms with Gasteiger partial charge in [0.15, 0.2) is 0 Å². The summed E-state index contributed by atoms with van der Waals surface area (Å²) in [7, 11) is 2.02. The van der Waals surface area contributed by atoms with Gasteiger partial charge in [-0.1, -0.05) is 0 Å². The molecule has 5 N–H and O–H groups in total. The number of nitrogens with one attached hydrogen (secondary N) is 4. The Kier molecular flexibility index (Phi) is 11.4. The molecule has 2 aliphatic heterocycles. The van der Waals surface area contributed by atoms with Crippen molar-refractivity contribution >= 4 is 40.0 Å². The van der Waals surface area contributed by atoms with Crippen molar-refractivity contribution in [1.82, 2.24) is 32.1 Å². The Bertz CT molecular complexity index is 2220. The maximum absolute atomic E-state index is 14.4. The molecule has 7 rings (SSSR count). The van der Waals surface area contributed by atoms with E-state index in [4.69, 9.17) is 0 Å². The molecule has 290 valence electrons. The summed E-state index contributed by atoms with van der Waals surface area (Å²) in [6.07, 6.45) is 0.0484. The second kappa shape index (κ2) is 16.1. The molecule has 1 saturated heterocycles. The van der Waals surface area contributed by atoms with E-state index in [1.54, 1.807) is 16.2 Å². The van der Waals surface area contributed by atoms with E-state index in [1.807, 2.05) is 76.7 Å². The number of carbonyl (C=O) groups excluding carboxylic acids is 3. The number of aromatic amines is 1. The Hall–Kier alpha value is -4.22. The van der Waals surface area contributed by atoms with Crippen LogP contribution in [0.4, 0.5) is 4.39 Å².